The highest BCUT2D eigenvalue weighted by molar-refractivity contribution is 6.30. The molecule has 34 heavy (non-hydrogen) atoms. The topological polar surface area (TPSA) is 63.7 Å². The standard InChI is InChI=1S/C27H30ClN3O3/c1-33-23-4-2-5-24(18-23)34-17-16-31(27(32)21-11-14-29-15-12-21)19-26-25(6-3-13-30-26)20-7-9-22(28)10-8-20/h2-10,13,18,21,29H,11-12,14-17,19H2,1H3. The molecule has 1 saturated heterocycles. The van der Waals surface area contributed by atoms with Crippen molar-refractivity contribution in [2.45, 2.75) is 19.4 Å². The highest BCUT2D eigenvalue weighted by Crippen LogP contribution is 2.26. The Balaban J connectivity index is 1.52. The molecule has 1 N–H and O–H groups in total. The van der Waals surface area contributed by atoms with Gasteiger partial charge in [-0.2, -0.15) is 0 Å². The highest BCUT2D eigenvalue weighted by Gasteiger charge is 2.27. The third-order valence-corrected chi connectivity index (χ3v) is 6.31. The normalized spacial score (nSPS) is 13.9. The molecule has 1 aliphatic rings. The van der Waals surface area contributed by atoms with E-state index in [-0.39, 0.29) is 11.8 Å². The van der Waals surface area contributed by atoms with Gasteiger partial charge in [-0.3, -0.25) is 9.78 Å². The number of nitrogens with zero attached hydrogens (tertiary/aromatic N) is 2. The number of piperidine rings is 1. The van der Waals surface area contributed by atoms with Crippen LogP contribution in [0.1, 0.15) is 18.5 Å². The smallest absolute Gasteiger partial charge is 0.226 e. The summed E-state index contributed by atoms with van der Waals surface area (Å²) in [7, 11) is 1.63. The fourth-order valence-corrected chi connectivity index (χ4v) is 4.32. The third-order valence-electron chi connectivity index (χ3n) is 6.06. The summed E-state index contributed by atoms with van der Waals surface area (Å²) in [4.78, 5) is 20.0. The molecule has 0 radical (unpaired) electrons. The second-order valence-corrected chi connectivity index (χ2v) is 8.75. The van der Waals surface area contributed by atoms with Crippen LogP contribution in [0.5, 0.6) is 11.5 Å². The zero-order valence-corrected chi connectivity index (χ0v) is 20.1. The van der Waals surface area contributed by atoms with E-state index in [4.69, 9.17) is 21.1 Å². The van der Waals surface area contributed by atoms with E-state index in [1.807, 2.05) is 65.6 Å². The van der Waals surface area contributed by atoms with Crippen molar-refractivity contribution >= 4 is 17.5 Å². The van der Waals surface area contributed by atoms with Crippen LogP contribution in [0.15, 0.2) is 66.9 Å². The quantitative estimate of drug-likeness (QED) is 0.476. The maximum atomic E-state index is 13.5. The largest absolute Gasteiger partial charge is 0.497 e. The van der Waals surface area contributed by atoms with Crippen LogP contribution in [0.4, 0.5) is 0 Å². The van der Waals surface area contributed by atoms with Gasteiger partial charge in [0, 0.05) is 28.8 Å². The molecule has 0 saturated carbocycles. The number of rotatable bonds is 9. The van der Waals surface area contributed by atoms with Gasteiger partial charge in [-0.25, -0.2) is 0 Å². The minimum Gasteiger partial charge on any atom is -0.497 e. The van der Waals surface area contributed by atoms with Crippen LogP contribution >= 0.6 is 11.6 Å². The second-order valence-electron chi connectivity index (χ2n) is 8.32. The van der Waals surface area contributed by atoms with Crippen LogP contribution in [0.25, 0.3) is 11.1 Å². The van der Waals surface area contributed by atoms with Gasteiger partial charge in [-0.15, -0.1) is 0 Å². The van der Waals surface area contributed by atoms with Gasteiger partial charge < -0.3 is 19.7 Å². The van der Waals surface area contributed by atoms with Gasteiger partial charge in [-0.1, -0.05) is 35.9 Å². The number of ether oxygens (including phenoxy) is 2. The molecule has 0 unspecified atom stereocenters. The third kappa shape index (κ3) is 6.27. The van der Waals surface area contributed by atoms with E-state index >= 15 is 0 Å². The number of nitrogens with one attached hydrogen (secondary N) is 1. The van der Waals surface area contributed by atoms with Crippen molar-refractivity contribution in [1.82, 2.24) is 15.2 Å². The molecule has 1 fully saturated rings. The Labute approximate surface area is 205 Å². The lowest BCUT2D eigenvalue weighted by atomic mass is 9.96. The van der Waals surface area contributed by atoms with Crippen LogP contribution in [0, 0.1) is 5.92 Å². The second kappa shape index (κ2) is 11.9. The fraction of sp³-hybridized carbons (Fsp3) is 0.333. The van der Waals surface area contributed by atoms with Crippen molar-refractivity contribution < 1.29 is 14.3 Å². The summed E-state index contributed by atoms with van der Waals surface area (Å²) >= 11 is 6.08. The summed E-state index contributed by atoms with van der Waals surface area (Å²) in [6.07, 6.45) is 3.46. The van der Waals surface area contributed by atoms with Gasteiger partial charge >= 0.3 is 0 Å². The molecule has 6 nitrogen and oxygen atoms in total. The fourth-order valence-electron chi connectivity index (χ4n) is 4.20. The van der Waals surface area contributed by atoms with Gasteiger partial charge in [0.15, 0.2) is 0 Å². The van der Waals surface area contributed by atoms with Crippen molar-refractivity contribution in [2.24, 2.45) is 5.92 Å². The monoisotopic (exact) mass is 479 g/mol. The van der Waals surface area contributed by atoms with E-state index in [0.29, 0.717) is 30.5 Å². The number of carbonyl (C=O) groups is 1. The molecule has 2 aromatic carbocycles. The highest BCUT2D eigenvalue weighted by atomic mass is 35.5. The summed E-state index contributed by atoms with van der Waals surface area (Å²) in [6, 6.07) is 19.1. The number of hydrogen-bond acceptors (Lipinski definition) is 5. The minimum atomic E-state index is 0.0146. The molecule has 178 valence electrons. The molecule has 0 atom stereocenters. The molecule has 1 amide bonds. The average molecular weight is 480 g/mol. The lowest BCUT2D eigenvalue weighted by molar-refractivity contribution is -0.137. The van der Waals surface area contributed by atoms with Gasteiger partial charge in [0.2, 0.25) is 5.91 Å². The maximum absolute atomic E-state index is 13.5. The van der Waals surface area contributed by atoms with Crippen LogP contribution in [0.3, 0.4) is 0 Å². The predicted molar refractivity (Wildman–Crippen MR) is 134 cm³/mol. The number of hydrogen-bond donors (Lipinski definition) is 1. The first-order chi connectivity index (χ1) is 16.6. The number of amides is 1. The average Bonchev–Trinajstić information content (AvgIpc) is 2.89. The molecule has 1 aliphatic heterocycles. The van der Waals surface area contributed by atoms with Gasteiger partial charge in [0.1, 0.15) is 18.1 Å². The number of carbonyl (C=O) groups excluding carboxylic acids is 1. The van der Waals surface area contributed by atoms with E-state index < -0.39 is 0 Å². The molecular formula is C27H30ClN3O3. The molecule has 2 heterocycles. The summed E-state index contributed by atoms with van der Waals surface area (Å²) in [5.41, 5.74) is 2.87. The first kappa shape index (κ1) is 24.0. The van der Waals surface area contributed by atoms with Crippen LogP contribution < -0.4 is 14.8 Å². The summed E-state index contributed by atoms with van der Waals surface area (Å²) in [6.45, 7) is 3.00. The Hall–Kier alpha value is -3.09. The van der Waals surface area contributed by atoms with E-state index in [0.717, 1.165) is 48.5 Å². The number of methoxy groups -OCH3 is 1. The number of halogens is 1. The molecule has 3 aromatic rings. The van der Waals surface area contributed by atoms with E-state index in [1.54, 1.807) is 13.3 Å². The molecule has 0 bridgehead atoms. The zero-order chi connectivity index (χ0) is 23.8. The minimum absolute atomic E-state index is 0.0146. The van der Waals surface area contributed by atoms with E-state index in [9.17, 15) is 4.79 Å². The Kier molecular flexibility index (Phi) is 8.39. The van der Waals surface area contributed by atoms with Crippen molar-refractivity contribution in [2.75, 3.05) is 33.4 Å². The van der Waals surface area contributed by atoms with Gasteiger partial charge in [-0.05, 0) is 61.8 Å². The van der Waals surface area contributed by atoms with Crippen LogP contribution in [-0.2, 0) is 11.3 Å². The molecule has 4 rings (SSSR count). The number of benzene rings is 2. The molecular weight excluding hydrogens is 450 g/mol. The van der Waals surface area contributed by atoms with Gasteiger partial charge in [0.05, 0.1) is 25.9 Å². The molecule has 0 aliphatic carbocycles. The number of pyridine rings is 1. The zero-order valence-electron chi connectivity index (χ0n) is 19.4. The SMILES string of the molecule is COc1cccc(OCCN(Cc2ncccc2-c2ccc(Cl)cc2)C(=O)C2CCNCC2)c1. The van der Waals surface area contributed by atoms with Crippen molar-refractivity contribution in [3.05, 3.63) is 77.6 Å². The van der Waals surface area contributed by atoms with E-state index in [1.165, 1.54) is 0 Å². The van der Waals surface area contributed by atoms with Gasteiger partial charge in [0.25, 0.3) is 0 Å². The predicted octanol–water partition coefficient (Wildman–Crippen LogP) is 4.82. The van der Waals surface area contributed by atoms with E-state index in [2.05, 4.69) is 10.3 Å². The molecule has 1 aromatic heterocycles. The number of aromatic nitrogens is 1. The van der Waals surface area contributed by atoms with Crippen molar-refractivity contribution in [3.8, 4) is 22.6 Å². The Morgan fingerprint density at radius 3 is 2.62 bits per heavy atom. The molecule has 7 heteroatoms. The van der Waals surface area contributed by atoms with Crippen LogP contribution in [0.2, 0.25) is 5.02 Å². The Morgan fingerprint density at radius 2 is 1.85 bits per heavy atom. The Morgan fingerprint density at radius 1 is 1.09 bits per heavy atom. The van der Waals surface area contributed by atoms with Crippen LogP contribution in [-0.4, -0.2) is 49.1 Å². The summed E-state index contributed by atoms with van der Waals surface area (Å²) in [5, 5.41) is 4.03. The van der Waals surface area contributed by atoms with Crippen molar-refractivity contribution in [1.29, 1.82) is 0 Å². The molecule has 0 spiro atoms. The lowest BCUT2D eigenvalue weighted by Crippen LogP contribution is -2.42. The van der Waals surface area contributed by atoms with Crippen molar-refractivity contribution in [3.63, 3.8) is 0 Å². The first-order valence-corrected chi connectivity index (χ1v) is 12.0. The summed E-state index contributed by atoms with van der Waals surface area (Å²) in [5.74, 6) is 1.62. The summed E-state index contributed by atoms with van der Waals surface area (Å²) < 4.78 is 11.2. The maximum Gasteiger partial charge on any atom is 0.226 e. The first-order valence-electron chi connectivity index (χ1n) is 11.6. The Bertz CT molecular complexity index is 1080. The lowest BCUT2D eigenvalue weighted by Gasteiger charge is -2.30.